The molecule has 0 saturated heterocycles. The van der Waals surface area contributed by atoms with Gasteiger partial charge in [0.2, 0.25) is 5.91 Å². The normalized spacial score (nSPS) is 12.8. The molecule has 0 aromatic carbocycles. The van der Waals surface area contributed by atoms with Gasteiger partial charge in [-0.2, -0.15) is 0 Å². The number of hydrogen-bond donors (Lipinski definition) is 3. The van der Waals surface area contributed by atoms with E-state index in [4.69, 9.17) is 4.74 Å². The summed E-state index contributed by atoms with van der Waals surface area (Å²) < 4.78 is 5.46. The Balaban J connectivity index is 3.45. The van der Waals surface area contributed by atoms with Crippen LogP contribution >= 0.6 is 0 Å². The largest absolute Gasteiger partial charge is 0.466 e. The molecule has 6 nitrogen and oxygen atoms in total. The molecule has 0 bridgehead atoms. The number of nitrogens with one attached hydrogen (secondary N) is 1. The van der Waals surface area contributed by atoms with Crippen molar-refractivity contribution in [3.63, 3.8) is 0 Å². The van der Waals surface area contributed by atoms with Gasteiger partial charge in [-0.25, -0.2) is 0 Å². The lowest BCUT2D eigenvalue weighted by atomic mass is 10.0. The van der Waals surface area contributed by atoms with E-state index in [1.54, 1.807) is 0 Å². The SMILES string of the molecule is CCCCCCCCCCCCCCCC(O)C(CO)NC(=O)CCCCCCCCC/C=C\C/C=C\CCCCCCCCCCCOC(=O)CCCCCCCCCCCCC. The number of aliphatic hydroxyl groups is 2. The van der Waals surface area contributed by atoms with E-state index in [0.717, 1.165) is 51.4 Å². The number of carbonyl (C=O) groups excluding carboxylic acids is 2. The van der Waals surface area contributed by atoms with Crippen molar-refractivity contribution in [2.75, 3.05) is 13.2 Å². The van der Waals surface area contributed by atoms with Crippen LogP contribution in [0.4, 0.5) is 0 Å². The second-order valence-electron chi connectivity index (χ2n) is 19.6. The zero-order chi connectivity index (χ0) is 46.5. The van der Waals surface area contributed by atoms with E-state index in [2.05, 4.69) is 43.5 Å². The van der Waals surface area contributed by atoms with Crippen LogP contribution in [-0.4, -0.2) is 47.4 Å². The summed E-state index contributed by atoms with van der Waals surface area (Å²) in [5, 5.41) is 23.2. The van der Waals surface area contributed by atoms with E-state index in [1.807, 2.05) is 0 Å². The molecule has 0 aromatic rings. The molecule has 0 aliphatic heterocycles. The van der Waals surface area contributed by atoms with Crippen LogP contribution in [0.1, 0.15) is 309 Å². The highest BCUT2D eigenvalue weighted by atomic mass is 16.5. The third kappa shape index (κ3) is 49.8. The van der Waals surface area contributed by atoms with E-state index in [1.165, 1.54) is 225 Å². The number of aliphatic hydroxyl groups excluding tert-OH is 2. The predicted octanol–water partition coefficient (Wildman–Crippen LogP) is 17.5. The fraction of sp³-hybridized carbons (Fsp3) is 0.897. The van der Waals surface area contributed by atoms with Crippen molar-refractivity contribution in [1.82, 2.24) is 5.32 Å². The molecule has 0 saturated carbocycles. The smallest absolute Gasteiger partial charge is 0.305 e. The lowest BCUT2D eigenvalue weighted by Crippen LogP contribution is -2.45. The van der Waals surface area contributed by atoms with Crippen LogP contribution in [0.5, 0.6) is 0 Å². The van der Waals surface area contributed by atoms with E-state index in [-0.39, 0.29) is 18.5 Å². The summed E-state index contributed by atoms with van der Waals surface area (Å²) in [6, 6.07) is -0.548. The Kier molecular flexibility index (Phi) is 52.6. The molecule has 0 spiro atoms. The molecule has 2 unspecified atom stereocenters. The summed E-state index contributed by atoms with van der Waals surface area (Å²) >= 11 is 0. The molecule has 0 aromatic heterocycles. The fourth-order valence-corrected chi connectivity index (χ4v) is 8.85. The number of rotatable bonds is 53. The summed E-state index contributed by atoms with van der Waals surface area (Å²) in [4.78, 5) is 24.4. The van der Waals surface area contributed by atoms with Gasteiger partial charge in [-0.1, -0.05) is 263 Å². The van der Waals surface area contributed by atoms with Crippen LogP contribution in [0.25, 0.3) is 0 Å². The molecule has 2 atom stereocenters. The number of carbonyl (C=O) groups is 2. The Labute approximate surface area is 399 Å². The van der Waals surface area contributed by atoms with Crippen LogP contribution in [0, 0.1) is 0 Å². The van der Waals surface area contributed by atoms with Gasteiger partial charge in [0.1, 0.15) is 0 Å². The van der Waals surface area contributed by atoms with Crippen molar-refractivity contribution < 1.29 is 24.5 Å². The van der Waals surface area contributed by atoms with Crippen molar-refractivity contribution in [3.8, 4) is 0 Å². The quantitative estimate of drug-likeness (QED) is 0.0321. The predicted molar refractivity (Wildman–Crippen MR) is 278 cm³/mol. The zero-order valence-corrected chi connectivity index (χ0v) is 43.0. The van der Waals surface area contributed by atoms with Crippen molar-refractivity contribution >= 4 is 11.9 Å². The molecule has 0 aliphatic rings. The molecule has 3 N–H and O–H groups in total. The Morgan fingerprint density at radius 2 is 0.781 bits per heavy atom. The van der Waals surface area contributed by atoms with Crippen molar-refractivity contribution in [3.05, 3.63) is 24.3 Å². The first-order valence-electron chi connectivity index (χ1n) is 28.6. The zero-order valence-electron chi connectivity index (χ0n) is 43.0. The number of esters is 1. The summed E-state index contributed by atoms with van der Waals surface area (Å²) in [7, 11) is 0. The molecular weight excluding hydrogens is 791 g/mol. The number of allylic oxidation sites excluding steroid dienone is 4. The average Bonchev–Trinajstić information content (AvgIpc) is 3.29. The van der Waals surface area contributed by atoms with Crippen LogP contribution in [0.15, 0.2) is 24.3 Å². The van der Waals surface area contributed by atoms with Gasteiger partial charge in [-0.3, -0.25) is 9.59 Å². The molecule has 0 heterocycles. The molecule has 1 amide bonds. The molecule has 64 heavy (non-hydrogen) atoms. The fourth-order valence-electron chi connectivity index (χ4n) is 8.85. The summed E-state index contributed by atoms with van der Waals surface area (Å²) in [5.74, 6) is -0.0382. The number of amides is 1. The summed E-state index contributed by atoms with van der Waals surface area (Å²) in [6.07, 6.45) is 64.5. The van der Waals surface area contributed by atoms with E-state index >= 15 is 0 Å². The first kappa shape index (κ1) is 62.3. The Morgan fingerprint density at radius 1 is 0.438 bits per heavy atom. The number of ether oxygens (including phenoxy) is 1. The average molecular weight is 903 g/mol. The minimum absolute atomic E-state index is 0.00673. The van der Waals surface area contributed by atoms with Gasteiger partial charge < -0.3 is 20.3 Å². The topological polar surface area (TPSA) is 95.9 Å². The highest BCUT2D eigenvalue weighted by Gasteiger charge is 2.20. The Hall–Kier alpha value is -1.66. The first-order chi connectivity index (χ1) is 31.5. The van der Waals surface area contributed by atoms with Gasteiger partial charge in [-0.15, -0.1) is 0 Å². The Morgan fingerprint density at radius 3 is 1.19 bits per heavy atom. The van der Waals surface area contributed by atoms with E-state index in [0.29, 0.717) is 25.9 Å². The van der Waals surface area contributed by atoms with Crippen LogP contribution in [0.2, 0.25) is 0 Å². The maximum Gasteiger partial charge on any atom is 0.305 e. The molecule has 0 aliphatic carbocycles. The maximum atomic E-state index is 12.4. The van der Waals surface area contributed by atoms with Gasteiger partial charge >= 0.3 is 5.97 Å². The highest BCUT2D eigenvalue weighted by molar-refractivity contribution is 5.76. The lowest BCUT2D eigenvalue weighted by Gasteiger charge is -2.22. The minimum atomic E-state index is -0.669. The molecular formula is C58H111NO5. The van der Waals surface area contributed by atoms with Crippen molar-refractivity contribution in [2.45, 2.75) is 321 Å². The second-order valence-corrected chi connectivity index (χ2v) is 19.6. The van der Waals surface area contributed by atoms with Crippen LogP contribution < -0.4 is 5.32 Å². The molecule has 0 fully saturated rings. The van der Waals surface area contributed by atoms with Gasteiger partial charge in [0.05, 0.1) is 25.4 Å². The third-order valence-corrected chi connectivity index (χ3v) is 13.3. The molecule has 0 radical (unpaired) electrons. The van der Waals surface area contributed by atoms with Gasteiger partial charge in [0.25, 0.3) is 0 Å². The molecule has 6 heteroatoms. The van der Waals surface area contributed by atoms with Gasteiger partial charge in [-0.05, 0) is 57.8 Å². The summed E-state index contributed by atoms with van der Waals surface area (Å²) in [5.41, 5.74) is 0. The van der Waals surface area contributed by atoms with Crippen molar-refractivity contribution in [2.24, 2.45) is 0 Å². The Bertz CT molecular complexity index is 997. The molecule has 378 valence electrons. The first-order valence-corrected chi connectivity index (χ1v) is 28.6. The van der Waals surface area contributed by atoms with Gasteiger partial charge in [0, 0.05) is 12.8 Å². The summed E-state index contributed by atoms with van der Waals surface area (Å²) in [6.45, 7) is 4.94. The van der Waals surface area contributed by atoms with E-state index in [9.17, 15) is 19.8 Å². The van der Waals surface area contributed by atoms with Crippen LogP contribution in [0.3, 0.4) is 0 Å². The van der Waals surface area contributed by atoms with Gasteiger partial charge in [0.15, 0.2) is 0 Å². The number of hydrogen-bond acceptors (Lipinski definition) is 5. The maximum absolute atomic E-state index is 12.4. The second kappa shape index (κ2) is 54.0. The van der Waals surface area contributed by atoms with Crippen LogP contribution in [-0.2, 0) is 14.3 Å². The number of unbranched alkanes of at least 4 members (excludes halogenated alkanes) is 38. The standard InChI is InChI=1S/C58H111NO5/c1-3-5-7-9-11-13-15-27-31-34-38-42-46-50-56(61)55(54-60)59-57(62)51-47-43-39-35-32-28-25-23-21-19-17-16-18-20-22-24-26-29-33-37-41-45-49-53-64-58(63)52-48-44-40-36-30-14-12-10-8-6-4-2/h16,18-19,21,55-56,60-61H,3-15,17,20,22-54H2,1-2H3,(H,59,62)/b18-16-,21-19-. The molecule has 0 rings (SSSR count). The third-order valence-electron chi connectivity index (χ3n) is 13.3. The lowest BCUT2D eigenvalue weighted by molar-refractivity contribution is -0.143. The highest BCUT2D eigenvalue weighted by Crippen LogP contribution is 2.17. The monoisotopic (exact) mass is 902 g/mol. The van der Waals surface area contributed by atoms with Crippen molar-refractivity contribution in [1.29, 1.82) is 0 Å². The van der Waals surface area contributed by atoms with E-state index < -0.39 is 12.1 Å². The minimum Gasteiger partial charge on any atom is -0.466 e.